The lowest BCUT2D eigenvalue weighted by Gasteiger charge is -2.30. The fourth-order valence-corrected chi connectivity index (χ4v) is 6.07. The number of phenolic OH excluding ortho intramolecular Hbond substituents is 1. The van der Waals surface area contributed by atoms with Gasteiger partial charge in [-0.05, 0) is 88.1 Å². The molecule has 17 heteroatoms. The minimum atomic E-state index is -1.05. The summed E-state index contributed by atoms with van der Waals surface area (Å²) >= 11 is 0. The average molecular weight is 746 g/mol. The summed E-state index contributed by atoms with van der Waals surface area (Å²) in [6.45, 7) is 5.54. The van der Waals surface area contributed by atoms with Gasteiger partial charge in [-0.1, -0.05) is 32.4 Å². The molecule has 1 aliphatic heterocycles. The van der Waals surface area contributed by atoms with E-state index in [0.29, 0.717) is 70.0 Å². The van der Waals surface area contributed by atoms with Gasteiger partial charge in [-0.3, -0.25) is 33.6 Å². The van der Waals surface area contributed by atoms with Crippen LogP contribution in [0.15, 0.2) is 24.3 Å². The predicted octanol–water partition coefficient (Wildman–Crippen LogP) is -1.21. The molecule has 12 N–H and O–H groups in total. The van der Waals surface area contributed by atoms with E-state index in [-0.39, 0.29) is 31.1 Å². The maximum Gasteiger partial charge on any atom is 0.243 e. The molecule has 0 unspecified atom stereocenters. The number of rotatable bonds is 23. The number of aromatic hydroxyl groups is 1. The van der Waals surface area contributed by atoms with Gasteiger partial charge in [0.1, 0.15) is 36.0 Å². The lowest BCUT2D eigenvalue weighted by Crippen LogP contribution is -2.59. The Morgan fingerprint density at radius 1 is 0.830 bits per heavy atom. The third kappa shape index (κ3) is 15.0. The lowest BCUT2D eigenvalue weighted by molar-refractivity contribution is -0.140. The van der Waals surface area contributed by atoms with Crippen molar-refractivity contribution in [3.8, 4) is 5.75 Å². The van der Waals surface area contributed by atoms with Crippen LogP contribution in [0.4, 0.5) is 0 Å². The minimum Gasteiger partial charge on any atom is -0.508 e. The van der Waals surface area contributed by atoms with Crippen LogP contribution in [-0.4, -0.2) is 108 Å². The highest BCUT2D eigenvalue weighted by Gasteiger charge is 2.38. The van der Waals surface area contributed by atoms with Gasteiger partial charge in [-0.15, -0.1) is 0 Å². The Labute approximate surface area is 311 Å². The van der Waals surface area contributed by atoms with E-state index in [1.54, 1.807) is 19.1 Å². The first-order chi connectivity index (χ1) is 25.2. The van der Waals surface area contributed by atoms with Gasteiger partial charge in [0.15, 0.2) is 0 Å². The summed E-state index contributed by atoms with van der Waals surface area (Å²) in [5, 5.41) is 22.9. The number of unbranched alkanes of at least 4 members (excludes halogenated alkanes) is 2. The molecule has 0 bridgehead atoms. The van der Waals surface area contributed by atoms with Crippen LogP contribution in [0.3, 0.4) is 0 Å². The van der Waals surface area contributed by atoms with E-state index in [2.05, 4.69) is 26.6 Å². The summed E-state index contributed by atoms with van der Waals surface area (Å²) in [6.07, 6.45) is 4.33. The highest BCUT2D eigenvalue weighted by atomic mass is 16.3. The maximum absolute atomic E-state index is 13.7. The number of carbonyl (C=O) groups is 7. The quantitative estimate of drug-likeness (QED) is 0.0603. The average Bonchev–Trinajstić information content (AvgIpc) is 3.62. The zero-order valence-corrected chi connectivity index (χ0v) is 31.2. The molecule has 0 radical (unpaired) electrons. The summed E-state index contributed by atoms with van der Waals surface area (Å²) in [7, 11) is 0. The lowest BCUT2D eigenvalue weighted by atomic mass is 9.96. The summed E-state index contributed by atoms with van der Waals surface area (Å²) in [6, 6.07) is 1.23. The summed E-state index contributed by atoms with van der Waals surface area (Å²) in [5.41, 5.74) is 17.4. The van der Waals surface area contributed by atoms with Crippen molar-refractivity contribution in [1.29, 1.82) is 0 Å². The number of nitrogens with zero attached hydrogens (tertiary/aromatic N) is 1. The molecule has 17 nitrogen and oxygen atoms in total. The van der Waals surface area contributed by atoms with Gasteiger partial charge in [0.2, 0.25) is 41.4 Å². The van der Waals surface area contributed by atoms with Crippen molar-refractivity contribution < 1.29 is 38.7 Å². The van der Waals surface area contributed by atoms with E-state index in [0.717, 1.165) is 0 Å². The summed E-state index contributed by atoms with van der Waals surface area (Å²) < 4.78 is 0. The fraction of sp³-hybridized carbons (Fsp3) is 0.639. The molecule has 1 heterocycles. The number of nitrogens with one attached hydrogen (secondary N) is 5. The molecule has 53 heavy (non-hydrogen) atoms. The van der Waals surface area contributed by atoms with Crippen LogP contribution in [0, 0.1) is 5.92 Å². The van der Waals surface area contributed by atoms with Crippen molar-refractivity contribution in [3.05, 3.63) is 29.8 Å². The SMILES string of the molecule is CC[C@H](C)[C@H](NC(=O)[C@@H]1CCCN1C(=O)CNC(=O)[C@H](Cc1ccc(O)cc1)NC(C)=O)C(=O)N[C@@H](CCCCN)C(=O)N[C@@H](CCCCN)C(N)=O. The van der Waals surface area contributed by atoms with Crippen LogP contribution < -0.4 is 43.8 Å². The summed E-state index contributed by atoms with van der Waals surface area (Å²) in [5.74, 6) is -4.30. The van der Waals surface area contributed by atoms with Crippen LogP contribution in [0.25, 0.3) is 0 Å². The number of amides is 7. The van der Waals surface area contributed by atoms with Gasteiger partial charge in [0.25, 0.3) is 0 Å². The van der Waals surface area contributed by atoms with E-state index < -0.39 is 78.1 Å². The van der Waals surface area contributed by atoms with E-state index in [1.807, 2.05) is 6.92 Å². The molecule has 0 saturated carbocycles. The third-order valence-electron chi connectivity index (χ3n) is 9.34. The molecule has 1 aromatic carbocycles. The Bertz CT molecular complexity index is 1390. The molecule has 1 aromatic rings. The van der Waals surface area contributed by atoms with Crippen molar-refractivity contribution in [2.24, 2.45) is 23.1 Å². The molecule has 6 atom stereocenters. The number of benzene rings is 1. The van der Waals surface area contributed by atoms with Crippen molar-refractivity contribution in [1.82, 2.24) is 31.5 Å². The van der Waals surface area contributed by atoms with Crippen molar-refractivity contribution in [3.63, 3.8) is 0 Å². The molecule has 0 aromatic heterocycles. The monoisotopic (exact) mass is 745 g/mol. The van der Waals surface area contributed by atoms with Crippen LogP contribution >= 0.6 is 0 Å². The molecular weight excluding hydrogens is 686 g/mol. The molecule has 1 saturated heterocycles. The normalized spacial score (nSPS) is 16.7. The molecule has 2 rings (SSSR count). The largest absolute Gasteiger partial charge is 0.508 e. The Hall–Kier alpha value is -4.77. The number of carbonyl (C=O) groups excluding carboxylic acids is 7. The molecule has 0 aliphatic carbocycles. The third-order valence-corrected chi connectivity index (χ3v) is 9.34. The van der Waals surface area contributed by atoms with E-state index in [1.165, 1.54) is 24.0 Å². The van der Waals surface area contributed by atoms with Crippen LogP contribution in [0.5, 0.6) is 5.75 Å². The first-order valence-electron chi connectivity index (χ1n) is 18.4. The van der Waals surface area contributed by atoms with Crippen LogP contribution in [0.1, 0.15) is 84.1 Å². The Balaban J connectivity index is 2.12. The smallest absolute Gasteiger partial charge is 0.243 e. The van der Waals surface area contributed by atoms with E-state index in [9.17, 15) is 38.7 Å². The number of likely N-dealkylation sites (tertiary alicyclic amines) is 1. The molecular formula is C36H59N9O8. The Kier molecular flexibility index (Phi) is 19.3. The fourth-order valence-electron chi connectivity index (χ4n) is 6.07. The second-order valence-corrected chi connectivity index (χ2v) is 13.6. The Morgan fingerprint density at radius 3 is 2.00 bits per heavy atom. The van der Waals surface area contributed by atoms with E-state index >= 15 is 0 Å². The molecule has 0 spiro atoms. The number of primary amides is 1. The van der Waals surface area contributed by atoms with Gasteiger partial charge in [0, 0.05) is 19.9 Å². The topological polar surface area (TPSA) is 281 Å². The number of hydrogen-bond acceptors (Lipinski definition) is 10. The maximum atomic E-state index is 13.7. The second kappa shape index (κ2) is 23.0. The van der Waals surface area contributed by atoms with Gasteiger partial charge < -0.3 is 53.8 Å². The predicted molar refractivity (Wildman–Crippen MR) is 197 cm³/mol. The van der Waals surface area contributed by atoms with Gasteiger partial charge >= 0.3 is 0 Å². The van der Waals surface area contributed by atoms with E-state index in [4.69, 9.17) is 17.2 Å². The van der Waals surface area contributed by atoms with Gasteiger partial charge in [-0.2, -0.15) is 0 Å². The summed E-state index contributed by atoms with van der Waals surface area (Å²) in [4.78, 5) is 92.4. The zero-order valence-electron chi connectivity index (χ0n) is 31.2. The number of phenols is 1. The molecule has 296 valence electrons. The second-order valence-electron chi connectivity index (χ2n) is 13.6. The first kappa shape index (κ1) is 44.4. The highest BCUT2D eigenvalue weighted by Crippen LogP contribution is 2.19. The molecule has 7 amide bonds. The number of hydrogen-bond donors (Lipinski definition) is 9. The number of nitrogens with two attached hydrogens (primary N) is 3. The van der Waals surface area contributed by atoms with Crippen molar-refractivity contribution >= 4 is 41.4 Å². The Morgan fingerprint density at radius 2 is 1.43 bits per heavy atom. The minimum absolute atomic E-state index is 0.0511. The van der Waals surface area contributed by atoms with Gasteiger partial charge in [0.05, 0.1) is 6.54 Å². The van der Waals surface area contributed by atoms with Crippen LogP contribution in [-0.2, 0) is 40.0 Å². The van der Waals surface area contributed by atoms with Gasteiger partial charge in [-0.25, -0.2) is 0 Å². The van der Waals surface area contributed by atoms with Crippen molar-refractivity contribution in [2.45, 2.75) is 115 Å². The first-order valence-corrected chi connectivity index (χ1v) is 18.4. The molecule has 1 aliphatic rings. The molecule has 1 fully saturated rings. The van der Waals surface area contributed by atoms with Crippen molar-refractivity contribution in [2.75, 3.05) is 26.2 Å². The van der Waals surface area contributed by atoms with Crippen LogP contribution in [0.2, 0.25) is 0 Å². The zero-order chi connectivity index (χ0) is 39.5. The standard InChI is InChI=1S/C36H59N9O8/c1-4-22(2)31(36(53)43-27(11-6-8-18-38)34(51)42-26(32(39)49)10-5-7-17-37)44-35(52)29-12-9-19-45(29)30(48)21-40-33(50)28(41-23(3)46)20-24-13-15-25(47)16-14-24/h13-16,22,26-29,31,47H,4-12,17-21,37-38H2,1-3H3,(H2,39,49)(H,40,50)(H,41,46)(H,42,51)(H,43,53)(H,44,52)/t22-,26-,27-,28-,29-,31-/m0/s1. The highest BCUT2D eigenvalue weighted by molar-refractivity contribution is 5.96.